The van der Waals surface area contributed by atoms with Crippen molar-refractivity contribution in [1.82, 2.24) is 5.32 Å². The van der Waals surface area contributed by atoms with Crippen molar-refractivity contribution in [2.75, 3.05) is 4.72 Å². The normalized spacial score (nSPS) is 14.2. The topological polar surface area (TPSA) is 75.3 Å². The van der Waals surface area contributed by atoms with Gasteiger partial charge in [0.05, 0.1) is 21.2 Å². The summed E-state index contributed by atoms with van der Waals surface area (Å²) in [6, 6.07) is 10.4. The minimum absolute atomic E-state index is 0.0820. The molecule has 1 fully saturated rings. The molecule has 126 valence electrons. The smallest absolute Gasteiger partial charge is 0.261 e. The first-order chi connectivity index (χ1) is 11.3. The number of hydrogen-bond donors (Lipinski definition) is 2. The Balaban J connectivity index is 1.78. The average molecular weight is 385 g/mol. The monoisotopic (exact) mass is 384 g/mol. The number of halogens is 2. The van der Waals surface area contributed by atoms with Crippen molar-refractivity contribution < 1.29 is 13.2 Å². The summed E-state index contributed by atoms with van der Waals surface area (Å²) in [5.41, 5.74) is 0.593. The molecule has 5 nitrogen and oxygen atoms in total. The largest absolute Gasteiger partial charge is 0.349 e. The van der Waals surface area contributed by atoms with Gasteiger partial charge in [0.15, 0.2) is 0 Å². The van der Waals surface area contributed by atoms with Gasteiger partial charge in [-0.2, -0.15) is 0 Å². The molecule has 1 amide bonds. The first kappa shape index (κ1) is 17.1. The highest BCUT2D eigenvalue weighted by Gasteiger charge is 2.25. The molecule has 0 bridgehead atoms. The van der Waals surface area contributed by atoms with Crippen molar-refractivity contribution in [2.24, 2.45) is 0 Å². The predicted octanol–water partition coefficient (Wildman–Crippen LogP) is 3.69. The van der Waals surface area contributed by atoms with E-state index in [-0.39, 0.29) is 27.6 Å². The lowest BCUT2D eigenvalue weighted by Crippen LogP contribution is -2.25. The second kappa shape index (κ2) is 6.63. The van der Waals surface area contributed by atoms with E-state index in [1.165, 1.54) is 42.5 Å². The van der Waals surface area contributed by atoms with Gasteiger partial charge in [0.1, 0.15) is 0 Å². The van der Waals surface area contributed by atoms with Crippen molar-refractivity contribution in [3.05, 3.63) is 58.1 Å². The van der Waals surface area contributed by atoms with E-state index in [2.05, 4.69) is 10.0 Å². The first-order valence-electron chi connectivity index (χ1n) is 7.24. The molecule has 8 heteroatoms. The molecule has 0 unspecified atom stereocenters. The third-order valence-corrected chi connectivity index (χ3v) is 5.46. The van der Waals surface area contributed by atoms with Crippen LogP contribution in [0.3, 0.4) is 0 Å². The minimum Gasteiger partial charge on any atom is -0.349 e. The highest BCUT2D eigenvalue weighted by atomic mass is 35.5. The molecule has 0 aliphatic heterocycles. The number of benzene rings is 2. The molecule has 0 spiro atoms. The van der Waals surface area contributed by atoms with Crippen molar-refractivity contribution in [1.29, 1.82) is 0 Å². The Labute approximate surface area is 150 Å². The maximum Gasteiger partial charge on any atom is 0.261 e. The van der Waals surface area contributed by atoms with Crippen LogP contribution in [0, 0.1) is 0 Å². The molecule has 0 saturated heterocycles. The van der Waals surface area contributed by atoms with Gasteiger partial charge in [-0.25, -0.2) is 8.42 Å². The van der Waals surface area contributed by atoms with Gasteiger partial charge < -0.3 is 5.32 Å². The van der Waals surface area contributed by atoms with Crippen LogP contribution in [0.15, 0.2) is 47.4 Å². The zero-order valence-electron chi connectivity index (χ0n) is 12.4. The number of carbonyl (C=O) groups excluding carboxylic acids is 1. The molecular formula is C16H14Cl2N2O3S. The van der Waals surface area contributed by atoms with Gasteiger partial charge >= 0.3 is 0 Å². The molecule has 24 heavy (non-hydrogen) atoms. The van der Waals surface area contributed by atoms with Crippen LogP contribution in [0.2, 0.25) is 10.0 Å². The van der Waals surface area contributed by atoms with Crippen molar-refractivity contribution >= 4 is 44.8 Å². The van der Waals surface area contributed by atoms with Crippen molar-refractivity contribution in [3.8, 4) is 0 Å². The fourth-order valence-electron chi connectivity index (χ4n) is 2.08. The molecule has 2 aromatic rings. The third-order valence-electron chi connectivity index (χ3n) is 3.50. The lowest BCUT2D eigenvalue weighted by atomic mass is 10.2. The maximum atomic E-state index is 12.3. The van der Waals surface area contributed by atoms with Crippen LogP contribution in [-0.2, 0) is 10.0 Å². The van der Waals surface area contributed by atoms with Gasteiger partial charge in [-0.15, -0.1) is 0 Å². The molecule has 0 heterocycles. The third kappa shape index (κ3) is 4.01. The van der Waals surface area contributed by atoms with Gasteiger partial charge in [0, 0.05) is 11.1 Å². The van der Waals surface area contributed by atoms with E-state index in [9.17, 15) is 13.2 Å². The zero-order valence-corrected chi connectivity index (χ0v) is 14.8. The van der Waals surface area contributed by atoms with Crippen LogP contribution in [0.25, 0.3) is 0 Å². The van der Waals surface area contributed by atoms with Crippen LogP contribution in [0.5, 0.6) is 0 Å². The summed E-state index contributed by atoms with van der Waals surface area (Å²) in [5, 5.41) is 3.47. The summed E-state index contributed by atoms with van der Waals surface area (Å²) in [6.45, 7) is 0. The summed E-state index contributed by atoms with van der Waals surface area (Å²) in [5.74, 6) is -0.255. The van der Waals surface area contributed by atoms with Gasteiger partial charge in [-0.1, -0.05) is 23.2 Å². The van der Waals surface area contributed by atoms with Crippen LogP contribution < -0.4 is 10.0 Å². The molecule has 0 aromatic heterocycles. The number of sulfonamides is 1. The minimum atomic E-state index is -3.76. The number of hydrogen-bond acceptors (Lipinski definition) is 3. The Morgan fingerprint density at radius 3 is 2.29 bits per heavy atom. The first-order valence-corrected chi connectivity index (χ1v) is 9.48. The summed E-state index contributed by atoms with van der Waals surface area (Å²) >= 11 is 11.9. The number of carbonyl (C=O) groups is 1. The molecule has 1 aliphatic rings. The second-order valence-corrected chi connectivity index (χ2v) is 8.03. The lowest BCUT2D eigenvalue weighted by molar-refractivity contribution is 0.0951. The molecule has 0 atom stereocenters. The van der Waals surface area contributed by atoms with Gasteiger partial charge in [-0.05, 0) is 55.3 Å². The summed E-state index contributed by atoms with van der Waals surface area (Å²) in [7, 11) is -3.76. The Morgan fingerprint density at radius 2 is 1.71 bits per heavy atom. The van der Waals surface area contributed by atoms with Crippen LogP contribution >= 0.6 is 23.2 Å². The lowest BCUT2D eigenvalue weighted by Gasteiger charge is -2.10. The molecular weight excluding hydrogens is 371 g/mol. The van der Waals surface area contributed by atoms with E-state index in [0.29, 0.717) is 10.6 Å². The van der Waals surface area contributed by atoms with Crippen LogP contribution in [-0.4, -0.2) is 20.4 Å². The van der Waals surface area contributed by atoms with Crippen LogP contribution in [0.1, 0.15) is 23.2 Å². The summed E-state index contributed by atoms with van der Waals surface area (Å²) in [6.07, 6.45) is 1.95. The Kier molecular flexibility index (Phi) is 4.71. The molecule has 3 rings (SSSR count). The van der Waals surface area contributed by atoms with Gasteiger partial charge in [0.2, 0.25) is 0 Å². The Morgan fingerprint density at radius 1 is 1.04 bits per heavy atom. The van der Waals surface area contributed by atoms with Gasteiger partial charge in [-0.3, -0.25) is 9.52 Å². The van der Waals surface area contributed by atoms with E-state index in [0.717, 1.165) is 12.8 Å². The van der Waals surface area contributed by atoms with Crippen LogP contribution in [0.4, 0.5) is 5.69 Å². The van der Waals surface area contributed by atoms with Crippen molar-refractivity contribution in [3.63, 3.8) is 0 Å². The molecule has 1 aliphatic carbocycles. The second-order valence-electron chi connectivity index (χ2n) is 5.50. The number of nitrogens with one attached hydrogen (secondary N) is 2. The molecule has 2 aromatic carbocycles. The number of rotatable bonds is 5. The maximum absolute atomic E-state index is 12.3. The fourth-order valence-corrected chi connectivity index (χ4v) is 3.52. The van der Waals surface area contributed by atoms with E-state index >= 15 is 0 Å². The Bertz CT molecular complexity index is 879. The van der Waals surface area contributed by atoms with Crippen molar-refractivity contribution in [2.45, 2.75) is 23.8 Å². The highest BCUT2D eigenvalue weighted by Crippen LogP contribution is 2.25. The summed E-state index contributed by atoms with van der Waals surface area (Å²) < 4.78 is 27.1. The number of anilines is 1. The summed E-state index contributed by atoms with van der Waals surface area (Å²) in [4.78, 5) is 12.1. The SMILES string of the molecule is O=C(NC1CC1)c1ccc(NS(=O)(=O)c2ccc(Cl)cc2)cc1Cl. The number of amides is 1. The highest BCUT2D eigenvalue weighted by molar-refractivity contribution is 7.92. The standard InChI is InChI=1S/C16H14Cl2N2O3S/c17-10-1-6-13(7-2-10)24(22,23)20-12-5-8-14(15(18)9-12)16(21)19-11-3-4-11/h1-2,5-9,11,20H,3-4H2,(H,19,21). The zero-order chi connectivity index (χ0) is 17.3. The van der Waals surface area contributed by atoms with E-state index < -0.39 is 10.0 Å². The quantitative estimate of drug-likeness (QED) is 0.825. The van der Waals surface area contributed by atoms with E-state index in [1.54, 1.807) is 0 Å². The van der Waals surface area contributed by atoms with E-state index in [4.69, 9.17) is 23.2 Å². The average Bonchev–Trinajstić information content (AvgIpc) is 3.31. The van der Waals surface area contributed by atoms with Gasteiger partial charge in [0.25, 0.3) is 15.9 Å². The molecule has 2 N–H and O–H groups in total. The van der Waals surface area contributed by atoms with E-state index in [1.807, 2.05) is 0 Å². The molecule has 1 saturated carbocycles. The fraction of sp³-hybridized carbons (Fsp3) is 0.188. The molecule has 0 radical (unpaired) electrons. The predicted molar refractivity (Wildman–Crippen MR) is 94.2 cm³/mol. The Hall–Kier alpha value is -1.76.